The van der Waals surface area contributed by atoms with Crippen molar-refractivity contribution in [2.24, 2.45) is 0 Å². The van der Waals surface area contributed by atoms with E-state index in [2.05, 4.69) is 5.32 Å². The molecule has 0 bridgehead atoms. The van der Waals surface area contributed by atoms with E-state index in [-0.39, 0.29) is 26.7 Å². The second-order valence-electron chi connectivity index (χ2n) is 5.07. The van der Waals surface area contributed by atoms with Crippen molar-refractivity contribution in [3.05, 3.63) is 32.8 Å². The van der Waals surface area contributed by atoms with Crippen LogP contribution in [0.5, 0.6) is 0 Å². The fraction of sp³-hybridized carbons (Fsp3) is 0.462. The number of hydrogen-bond acceptors (Lipinski definition) is 5. The minimum atomic E-state index is -0.600. The van der Waals surface area contributed by atoms with Crippen molar-refractivity contribution in [1.82, 2.24) is 5.32 Å². The first-order chi connectivity index (χ1) is 9.88. The van der Waals surface area contributed by atoms with E-state index in [1.165, 1.54) is 0 Å². The number of nitrogen functional groups attached to an aromatic ring is 1. The standard InChI is InChI=1S/C13H16ClN3O3S/c1-21-13(3-2-4-13)7-16-12(18)9-5-8(17(19)20)6-10(14)11(9)15/h5-6H,2-4,7,15H2,1H3,(H,16,18). The van der Waals surface area contributed by atoms with Gasteiger partial charge in [0.2, 0.25) is 0 Å². The molecule has 0 saturated heterocycles. The van der Waals surface area contributed by atoms with Gasteiger partial charge in [-0.15, -0.1) is 0 Å². The van der Waals surface area contributed by atoms with Gasteiger partial charge in [0.05, 0.1) is 21.2 Å². The molecule has 1 aromatic carbocycles. The van der Waals surface area contributed by atoms with Crippen molar-refractivity contribution in [3.8, 4) is 0 Å². The minimum absolute atomic E-state index is 0.0116. The summed E-state index contributed by atoms with van der Waals surface area (Å²) in [6, 6.07) is 2.30. The third kappa shape index (κ3) is 3.24. The number of carbonyl (C=O) groups is 1. The van der Waals surface area contributed by atoms with Crippen molar-refractivity contribution in [2.75, 3.05) is 18.5 Å². The highest BCUT2D eigenvalue weighted by atomic mass is 35.5. The van der Waals surface area contributed by atoms with Gasteiger partial charge in [-0.2, -0.15) is 11.8 Å². The Hall–Kier alpha value is -1.47. The summed E-state index contributed by atoms with van der Waals surface area (Å²) in [6.45, 7) is 0.521. The van der Waals surface area contributed by atoms with Crippen LogP contribution >= 0.6 is 23.4 Å². The van der Waals surface area contributed by atoms with Gasteiger partial charge < -0.3 is 11.1 Å². The van der Waals surface area contributed by atoms with Crippen LogP contribution in [0, 0.1) is 10.1 Å². The number of nitrogens with zero attached hydrogens (tertiary/aromatic N) is 1. The van der Waals surface area contributed by atoms with Gasteiger partial charge in [0.1, 0.15) is 0 Å². The number of halogens is 1. The topological polar surface area (TPSA) is 98.3 Å². The Kier molecular flexibility index (Phi) is 4.63. The molecule has 0 aromatic heterocycles. The molecule has 0 atom stereocenters. The SMILES string of the molecule is CSC1(CNC(=O)c2cc([N+](=O)[O-])cc(Cl)c2N)CCC1. The van der Waals surface area contributed by atoms with Crippen molar-refractivity contribution >= 4 is 40.6 Å². The van der Waals surface area contributed by atoms with Gasteiger partial charge in [-0.1, -0.05) is 18.0 Å². The fourth-order valence-electron chi connectivity index (χ4n) is 2.26. The predicted molar refractivity (Wildman–Crippen MR) is 84.9 cm³/mol. The molecule has 1 fully saturated rings. The van der Waals surface area contributed by atoms with Crippen LogP contribution in [0.3, 0.4) is 0 Å². The predicted octanol–water partition coefficient (Wildman–Crippen LogP) is 2.85. The number of amides is 1. The molecule has 2 rings (SSSR count). The molecule has 0 heterocycles. The van der Waals surface area contributed by atoms with Gasteiger partial charge >= 0.3 is 0 Å². The summed E-state index contributed by atoms with van der Waals surface area (Å²) in [5, 5.41) is 13.6. The number of nitrogens with two attached hydrogens (primary N) is 1. The van der Waals surface area contributed by atoms with Crippen molar-refractivity contribution in [2.45, 2.75) is 24.0 Å². The highest BCUT2D eigenvalue weighted by Gasteiger charge is 2.36. The van der Waals surface area contributed by atoms with Crippen LogP contribution in [0.4, 0.5) is 11.4 Å². The molecule has 8 heteroatoms. The van der Waals surface area contributed by atoms with Gasteiger partial charge in [-0.25, -0.2) is 0 Å². The zero-order chi connectivity index (χ0) is 15.6. The van der Waals surface area contributed by atoms with Gasteiger partial charge in [0.25, 0.3) is 11.6 Å². The summed E-state index contributed by atoms with van der Waals surface area (Å²) in [7, 11) is 0. The summed E-state index contributed by atoms with van der Waals surface area (Å²) in [5.41, 5.74) is 5.61. The summed E-state index contributed by atoms with van der Waals surface area (Å²) >= 11 is 7.58. The molecule has 114 valence electrons. The Labute approximate surface area is 131 Å². The zero-order valence-corrected chi connectivity index (χ0v) is 13.1. The molecular weight excluding hydrogens is 314 g/mol. The molecule has 1 aliphatic rings. The molecule has 0 spiro atoms. The lowest BCUT2D eigenvalue weighted by Gasteiger charge is -2.40. The van der Waals surface area contributed by atoms with E-state index in [1.54, 1.807) is 11.8 Å². The Morgan fingerprint density at radius 3 is 2.71 bits per heavy atom. The van der Waals surface area contributed by atoms with Crippen LogP contribution in [0.2, 0.25) is 5.02 Å². The molecule has 1 aliphatic carbocycles. The highest BCUT2D eigenvalue weighted by molar-refractivity contribution is 8.00. The van der Waals surface area contributed by atoms with E-state index in [0.29, 0.717) is 6.54 Å². The largest absolute Gasteiger partial charge is 0.397 e. The third-order valence-electron chi connectivity index (χ3n) is 3.84. The second kappa shape index (κ2) is 6.11. The van der Waals surface area contributed by atoms with Crippen molar-refractivity contribution in [3.63, 3.8) is 0 Å². The van der Waals surface area contributed by atoms with Crippen LogP contribution < -0.4 is 11.1 Å². The van der Waals surface area contributed by atoms with E-state index in [4.69, 9.17) is 17.3 Å². The Bertz CT molecular complexity index is 585. The molecule has 1 aromatic rings. The number of benzene rings is 1. The quantitative estimate of drug-likeness (QED) is 0.491. The maximum atomic E-state index is 12.2. The number of nitro groups is 1. The van der Waals surface area contributed by atoms with E-state index in [9.17, 15) is 14.9 Å². The zero-order valence-electron chi connectivity index (χ0n) is 11.5. The Balaban J connectivity index is 2.17. The number of carbonyl (C=O) groups excluding carboxylic acids is 1. The van der Waals surface area contributed by atoms with Gasteiger partial charge in [-0.05, 0) is 19.1 Å². The molecule has 0 aliphatic heterocycles. The van der Waals surface area contributed by atoms with Crippen LogP contribution in [-0.4, -0.2) is 28.4 Å². The van der Waals surface area contributed by atoms with Crippen LogP contribution in [0.15, 0.2) is 12.1 Å². The van der Waals surface area contributed by atoms with Gasteiger partial charge in [-0.3, -0.25) is 14.9 Å². The average Bonchev–Trinajstić information content (AvgIpc) is 2.40. The molecular formula is C13H16ClN3O3S. The second-order valence-corrected chi connectivity index (χ2v) is 6.75. The van der Waals surface area contributed by atoms with Crippen LogP contribution in [-0.2, 0) is 0 Å². The lowest BCUT2D eigenvalue weighted by molar-refractivity contribution is -0.384. The molecule has 0 unspecified atom stereocenters. The smallest absolute Gasteiger partial charge is 0.271 e. The molecule has 3 N–H and O–H groups in total. The maximum Gasteiger partial charge on any atom is 0.271 e. The first-order valence-electron chi connectivity index (χ1n) is 6.45. The Morgan fingerprint density at radius 2 is 2.24 bits per heavy atom. The van der Waals surface area contributed by atoms with Gasteiger partial charge in [0, 0.05) is 23.4 Å². The highest BCUT2D eigenvalue weighted by Crippen LogP contribution is 2.42. The summed E-state index contributed by atoms with van der Waals surface area (Å²) < 4.78 is 0.0783. The number of thioether (sulfide) groups is 1. The van der Waals surface area contributed by atoms with Crippen molar-refractivity contribution in [1.29, 1.82) is 0 Å². The third-order valence-corrected chi connectivity index (χ3v) is 5.57. The average molecular weight is 330 g/mol. The summed E-state index contributed by atoms with van der Waals surface area (Å²) in [4.78, 5) is 22.4. The van der Waals surface area contributed by atoms with Crippen LogP contribution in [0.1, 0.15) is 29.6 Å². The van der Waals surface area contributed by atoms with Gasteiger partial charge in [0.15, 0.2) is 0 Å². The molecule has 1 amide bonds. The Morgan fingerprint density at radius 1 is 1.57 bits per heavy atom. The normalized spacial score (nSPS) is 16.1. The maximum absolute atomic E-state index is 12.2. The number of nitro benzene ring substituents is 1. The minimum Gasteiger partial charge on any atom is -0.397 e. The molecule has 21 heavy (non-hydrogen) atoms. The monoisotopic (exact) mass is 329 g/mol. The molecule has 0 radical (unpaired) electrons. The summed E-state index contributed by atoms with van der Waals surface area (Å²) in [6.07, 6.45) is 5.28. The molecule has 1 saturated carbocycles. The van der Waals surface area contributed by atoms with E-state index in [0.717, 1.165) is 31.4 Å². The van der Waals surface area contributed by atoms with Crippen molar-refractivity contribution < 1.29 is 9.72 Å². The number of nitrogens with one attached hydrogen (secondary N) is 1. The van der Waals surface area contributed by atoms with E-state index >= 15 is 0 Å². The molecule has 6 nitrogen and oxygen atoms in total. The number of rotatable bonds is 5. The van der Waals surface area contributed by atoms with E-state index in [1.807, 2.05) is 6.26 Å². The van der Waals surface area contributed by atoms with Crippen LogP contribution in [0.25, 0.3) is 0 Å². The number of hydrogen-bond donors (Lipinski definition) is 2. The first-order valence-corrected chi connectivity index (χ1v) is 8.05. The fourth-order valence-corrected chi connectivity index (χ4v) is 3.38. The lowest BCUT2D eigenvalue weighted by Crippen LogP contribution is -2.45. The lowest BCUT2D eigenvalue weighted by atomic mass is 9.84. The number of anilines is 1. The van der Waals surface area contributed by atoms with E-state index < -0.39 is 10.8 Å². The first kappa shape index (κ1) is 15.9. The summed E-state index contributed by atoms with van der Waals surface area (Å²) in [5.74, 6) is -0.432. The number of non-ortho nitro benzene ring substituents is 1.